The van der Waals surface area contributed by atoms with Gasteiger partial charge in [-0.3, -0.25) is 4.79 Å². The van der Waals surface area contributed by atoms with E-state index >= 15 is 0 Å². The van der Waals surface area contributed by atoms with Crippen LogP contribution in [-0.4, -0.2) is 13.0 Å². The first-order valence-electron chi connectivity index (χ1n) is 7.51. The minimum absolute atomic E-state index is 0.00616. The van der Waals surface area contributed by atoms with E-state index < -0.39 is 0 Å². The number of nitrogens with one attached hydrogen (secondary N) is 1. The number of carbonyl (C=O) groups is 1. The second-order valence-electron chi connectivity index (χ2n) is 5.65. The van der Waals surface area contributed by atoms with E-state index in [0.29, 0.717) is 13.0 Å². The Labute approximate surface area is 131 Å². The molecule has 1 unspecified atom stereocenters. The van der Waals surface area contributed by atoms with E-state index in [0.717, 1.165) is 23.5 Å². The Kier molecular flexibility index (Phi) is 5.26. The normalized spacial score (nSPS) is 13.4. The number of methoxy groups -OCH3 is 1. The van der Waals surface area contributed by atoms with E-state index in [1.54, 1.807) is 13.4 Å². The van der Waals surface area contributed by atoms with Gasteiger partial charge in [-0.2, -0.15) is 0 Å². The van der Waals surface area contributed by atoms with Crippen LogP contribution in [0.15, 0.2) is 47.1 Å². The quantitative estimate of drug-likeness (QED) is 0.849. The van der Waals surface area contributed by atoms with Gasteiger partial charge < -0.3 is 14.5 Å². The summed E-state index contributed by atoms with van der Waals surface area (Å²) in [5.74, 6) is 1.58. The molecule has 4 nitrogen and oxygen atoms in total. The summed E-state index contributed by atoms with van der Waals surface area (Å²) in [6, 6.07) is 11.5. The van der Waals surface area contributed by atoms with Crippen molar-refractivity contribution in [2.75, 3.05) is 7.11 Å². The Morgan fingerprint density at radius 1 is 1.27 bits per heavy atom. The predicted octanol–water partition coefficient (Wildman–Crippen LogP) is 3.66. The van der Waals surface area contributed by atoms with E-state index in [-0.39, 0.29) is 11.3 Å². The number of carbonyl (C=O) groups excluding carboxylic acids is 1. The Bertz CT molecular complexity index is 607. The van der Waals surface area contributed by atoms with Crippen LogP contribution < -0.4 is 10.1 Å². The molecule has 0 fully saturated rings. The zero-order chi connectivity index (χ0) is 16.0. The van der Waals surface area contributed by atoms with Crippen molar-refractivity contribution in [3.63, 3.8) is 0 Å². The van der Waals surface area contributed by atoms with Crippen molar-refractivity contribution in [3.05, 3.63) is 54.0 Å². The number of furan rings is 1. The highest BCUT2D eigenvalue weighted by Crippen LogP contribution is 2.37. The Morgan fingerprint density at radius 2 is 2.05 bits per heavy atom. The zero-order valence-electron chi connectivity index (χ0n) is 13.4. The minimum Gasteiger partial charge on any atom is -0.496 e. The van der Waals surface area contributed by atoms with Crippen LogP contribution in [-0.2, 0) is 16.8 Å². The van der Waals surface area contributed by atoms with Crippen LogP contribution in [0.1, 0.15) is 38.0 Å². The first-order chi connectivity index (χ1) is 10.6. The molecule has 4 heteroatoms. The van der Waals surface area contributed by atoms with Gasteiger partial charge >= 0.3 is 0 Å². The fourth-order valence-electron chi connectivity index (χ4n) is 2.57. The van der Waals surface area contributed by atoms with Gasteiger partial charge in [-0.15, -0.1) is 0 Å². The number of amides is 1. The van der Waals surface area contributed by atoms with Crippen LogP contribution in [0, 0.1) is 0 Å². The second kappa shape index (κ2) is 7.16. The lowest BCUT2D eigenvalue weighted by atomic mass is 9.76. The van der Waals surface area contributed by atoms with Crippen LogP contribution in [0.2, 0.25) is 0 Å². The largest absolute Gasteiger partial charge is 0.496 e. The molecule has 0 bridgehead atoms. The number of hydrogen-bond donors (Lipinski definition) is 1. The zero-order valence-corrected chi connectivity index (χ0v) is 13.4. The molecule has 1 aromatic carbocycles. The fraction of sp³-hybridized carbons (Fsp3) is 0.389. The molecule has 0 aliphatic carbocycles. The molecule has 1 amide bonds. The summed E-state index contributed by atoms with van der Waals surface area (Å²) >= 11 is 0. The molecule has 0 saturated carbocycles. The van der Waals surface area contributed by atoms with Crippen molar-refractivity contribution in [1.29, 1.82) is 0 Å². The SMILES string of the molecule is CCC(C)(CC(=O)NCc1ccco1)c1ccccc1OC. The fourth-order valence-corrected chi connectivity index (χ4v) is 2.57. The molecule has 2 rings (SSSR count). The number of benzene rings is 1. The third-order valence-corrected chi connectivity index (χ3v) is 4.13. The predicted molar refractivity (Wildman–Crippen MR) is 85.8 cm³/mol. The van der Waals surface area contributed by atoms with Gasteiger partial charge in [-0.1, -0.05) is 32.0 Å². The van der Waals surface area contributed by atoms with Gasteiger partial charge in [0.1, 0.15) is 11.5 Å². The van der Waals surface area contributed by atoms with Crippen molar-refractivity contribution >= 4 is 5.91 Å². The van der Waals surface area contributed by atoms with Crippen LogP contribution in [0.4, 0.5) is 0 Å². The first-order valence-corrected chi connectivity index (χ1v) is 7.51. The molecular weight excluding hydrogens is 278 g/mol. The van der Waals surface area contributed by atoms with E-state index in [9.17, 15) is 4.79 Å². The number of ether oxygens (including phenoxy) is 1. The van der Waals surface area contributed by atoms with Gasteiger partial charge in [-0.25, -0.2) is 0 Å². The van der Waals surface area contributed by atoms with Crippen LogP contribution in [0.25, 0.3) is 0 Å². The van der Waals surface area contributed by atoms with Crippen molar-refractivity contribution < 1.29 is 13.9 Å². The van der Waals surface area contributed by atoms with Gasteiger partial charge in [0.15, 0.2) is 0 Å². The van der Waals surface area contributed by atoms with Crippen LogP contribution in [0.5, 0.6) is 5.75 Å². The number of hydrogen-bond acceptors (Lipinski definition) is 3. The van der Waals surface area contributed by atoms with Crippen LogP contribution in [0.3, 0.4) is 0 Å². The number of rotatable bonds is 7. The molecule has 0 spiro atoms. The molecule has 0 radical (unpaired) electrons. The topological polar surface area (TPSA) is 51.5 Å². The van der Waals surface area contributed by atoms with E-state index in [2.05, 4.69) is 19.2 Å². The van der Waals surface area contributed by atoms with Crippen molar-refractivity contribution in [2.45, 2.75) is 38.6 Å². The standard InChI is InChI=1S/C18H23NO3/c1-4-18(2,15-9-5-6-10-16(15)21-3)12-17(20)19-13-14-8-7-11-22-14/h5-11H,4,12-13H2,1-3H3,(H,19,20). The molecule has 1 atom stereocenters. The monoisotopic (exact) mass is 301 g/mol. The lowest BCUT2D eigenvalue weighted by Crippen LogP contribution is -2.32. The highest BCUT2D eigenvalue weighted by molar-refractivity contribution is 5.77. The second-order valence-corrected chi connectivity index (χ2v) is 5.65. The van der Waals surface area contributed by atoms with Gasteiger partial charge in [0.2, 0.25) is 5.91 Å². The summed E-state index contributed by atoms with van der Waals surface area (Å²) in [6.07, 6.45) is 2.86. The molecule has 118 valence electrons. The first kappa shape index (κ1) is 16.1. The van der Waals surface area contributed by atoms with Gasteiger partial charge in [0, 0.05) is 17.4 Å². The van der Waals surface area contributed by atoms with Gasteiger partial charge in [0.25, 0.3) is 0 Å². The maximum absolute atomic E-state index is 12.3. The Morgan fingerprint density at radius 3 is 2.68 bits per heavy atom. The lowest BCUT2D eigenvalue weighted by molar-refractivity contribution is -0.122. The van der Waals surface area contributed by atoms with Crippen LogP contribution >= 0.6 is 0 Å². The molecule has 0 aliphatic rings. The van der Waals surface area contributed by atoms with Crippen molar-refractivity contribution in [2.24, 2.45) is 0 Å². The third kappa shape index (κ3) is 3.70. The molecular formula is C18H23NO3. The Hall–Kier alpha value is -2.23. The average molecular weight is 301 g/mol. The maximum Gasteiger partial charge on any atom is 0.221 e. The van der Waals surface area contributed by atoms with E-state index in [4.69, 9.17) is 9.15 Å². The summed E-state index contributed by atoms with van der Waals surface area (Å²) in [4.78, 5) is 12.3. The lowest BCUT2D eigenvalue weighted by Gasteiger charge is -2.29. The maximum atomic E-state index is 12.3. The highest BCUT2D eigenvalue weighted by atomic mass is 16.5. The summed E-state index contributed by atoms with van der Waals surface area (Å²) in [6.45, 7) is 4.60. The third-order valence-electron chi connectivity index (χ3n) is 4.13. The minimum atomic E-state index is -0.264. The molecule has 0 saturated heterocycles. The van der Waals surface area contributed by atoms with E-state index in [1.165, 1.54) is 0 Å². The summed E-state index contributed by atoms with van der Waals surface area (Å²) in [5, 5.41) is 2.91. The molecule has 1 aromatic heterocycles. The van der Waals surface area contributed by atoms with E-state index in [1.807, 2.05) is 36.4 Å². The molecule has 1 heterocycles. The summed E-state index contributed by atoms with van der Waals surface area (Å²) < 4.78 is 10.7. The average Bonchev–Trinajstić information content (AvgIpc) is 3.06. The molecule has 2 aromatic rings. The molecule has 1 N–H and O–H groups in total. The summed E-state index contributed by atoms with van der Waals surface area (Å²) in [7, 11) is 1.66. The van der Waals surface area contributed by atoms with Gasteiger partial charge in [-0.05, 0) is 24.6 Å². The van der Waals surface area contributed by atoms with Crippen molar-refractivity contribution in [3.8, 4) is 5.75 Å². The van der Waals surface area contributed by atoms with Gasteiger partial charge in [0.05, 0.1) is 19.9 Å². The number of para-hydroxylation sites is 1. The summed E-state index contributed by atoms with van der Waals surface area (Å²) in [5.41, 5.74) is 0.799. The Balaban J connectivity index is 2.07. The molecule has 22 heavy (non-hydrogen) atoms. The smallest absolute Gasteiger partial charge is 0.221 e. The van der Waals surface area contributed by atoms with Crippen molar-refractivity contribution in [1.82, 2.24) is 5.32 Å². The molecule has 0 aliphatic heterocycles. The highest BCUT2D eigenvalue weighted by Gasteiger charge is 2.30.